The number of halogens is 2. The van der Waals surface area contributed by atoms with Crippen molar-refractivity contribution in [2.45, 2.75) is 44.9 Å². The van der Waals surface area contributed by atoms with Crippen molar-refractivity contribution in [1.82, 2.24) is 14.5 Å². The summed E-state index contributed by atoms with van der Waals surface area (Å²) in [6.07, 6.45) is 4.32. The van der Waals surface area contributed by atoms with Gasteiger partial charge in [0, 0.05) is 25.2 Å². The molecule has 1 heterocycles. The fourth-order valence-electron chi connectivity index (χ4n) is 5.56. The highest BCUT2D eigenvalue weighted by atomic mass is 35.5. The summed E-state index contributed by atoms with van der Waals surface area (Å²) in [7, 11) is -1.49. The van der Waals surface area contributed by atoms with Crippen molar-refractivity contribution in [3.63, 3.8) is 0 Å². The Morgan fingerprint density at radius 2 is 1.94 bits per heavy atom. The fourth-order valence-corrected chi connectivity index (χ4v) is 6.91. The number of carbonyl (C=O) groups is 1. The number of amides is 1. The van der Waals surface area contributed by atoms with Crippen molar-refractivity contribution < 1.29 is 17.6 Å². The zero-order chi connectivity index (χ0) is 24.6. The topological polar surface area (TPSA) is 119 Å². The van der Waals surface area contributed by atoms with Crippen LogP contribution in [0.3, 0.4) is 0 Å². The predicted octanol–water partition coefficient (Wildman–Crippen LogP) is 3.90. The van der Waals surface area contributed by atoms with Gasteiger partial charge >= 0.3 is 0 Å². The molecule has 2 aliphatic carbocycles. The Kier molecular flexibility index (Phi) is 7.21. The summed E-state index contributed by atoms with van der Waals surface area (Å²) in [6, 6.07) is 4.00. The van der Waals surface area contributed by atoms with E-state index < -0.39 is 21.7 Å². The van der Waals surface area contributed by atoms with Crippen molar-refractivity contribution in [2.24, 2.45) is 24.8 Å². The van der Waals surface area contributed by atoms with Crippen LogP contribution in [0.4, 0.5) is 15.9 Å². The maximum absolute atomic E-state index is 13.5. The van der Waals surface area contributed by atoms with E-state index in [0.29, 0.717) is 47.7 Å². The minimum absolute atomic E-state index is 0.0765. The third kappa shape index (κ3) is 5.23. The van der Waals surface area contributed by atoms with Crippen molar-refractivity contribution >= 4 is 39.0 Å². The van der Waals surface area contributed by atoms with E-state index in [1.807, 2.05) is 6.92 Å². The number of sulfonamides is 1. The molecule has 0 aliphatic heterocycles. The molecule has 2 aromatic rings. The van der Waals surface area contributed by atoms with E-state index in [4.69, 9.17) is 17.3 Å². The molecule has 2 aliphatic rings. The Hall–Kier alpha value is -2.17. The summed E-state index contributed by atoms with van der Waals surface area (Å²) in [5.41, 5.74) is 7.61. The first-order valence-corrected chi connectivity index (χ1v) is 13.7. The zero-order valence-electron chi connectivity index (χ0n) is 19.4. The third-order valence-electron chi connectivity index (χ3n) is 7.09. The van der Waals surface area contributed by atoms with Gasteiger partial charge in [-0.25, -0.2) is 17.5 Å². The monoisotopic (exact) mass is 511 g/mol. The van der Waals surface area contributed by atoms with E-state index in [9.17, 15) is 17.6 Å². The van der Waals surface area contributed by atoms with E-state index in [2.05, 4.69) is 15.1 Å². The van der Waals surface area contributed by atoms with Crippen LogP contribution in [0, 0.1) is 23.6 Å². The average molecular weight is 512 g/mol. The van der Waals surface area contributed by atoms with Gasteiger partial charge in [-0.3, -0.25) is 9.48 Å². The quantitative estimate of drug-likeness (QED) is 0.496. The number of nitrogens with one attached hydrogen (secondary N) is 2. The summed E-state index contributed by atoms with van der Waals surface area (Å²) in [5.74, 6) is 0.863. The summed E-state index contributed by atoms with van der Waals surface area (Å²) < 4.78 is 41.7. The molecular weight excluding hydrogens is 481 g/mol. The van der Waals surface area contributed by atoms with Gasteiger partial charge in [0.2, 0.25) is 10.0 Å². The molecule has 0 saturated heterocycles. The highest BCUT2D eigenvalue weighted by Gasteiger charge is 2.44. The molecular formula is C23H31ClFN5O3S. The number of aromatic nitrogens is 2. The number of hydrogen-bond donors (Lipinski definition) is 3. The number of benzene rings is 1. The van der Waals surface area contributed by atoms with Gasteiger partial charge in [-0.1, -0.05) is 18.5 Å². The molecule has 4 rings (SSSR count). The number of aryl methyl sites for hydroxylation is 1. The first kappa shape index (κ1) is 24.9. The molecule has 1 aromatic carbocycles. The SMILES string of the molecule is CCCS(=O)(=O)NCC1CC2CC(c3nn(C)c(N)c3C(=O)Nc3ccc(F)c(Cl)c3)CC2C1. The molecule has 11 heteroatoms. The minimum Gasteiger partial charge on any atom is -0.383 e. The van der Waals surface area contributed by atoms with Crippen LogP contribution in [0.15, 0.2) is 18.2 Å². The molecule has 0 bridgehead atoms. The first-order valence-electron chi connectivity index (χ1n) is 11.6. The lowest BCUT2D eigenvalue weighted by molar-refractivity contribution is 0.102. The first-order chi connectivity index (χ1) is 16.1. The summed E-state index contributed by atoms with van der Waals surface area (Å²) in [4.78, 5) is 13.1. The van der Waals surface area contributed by atoms with Gasteiger partial charge in [-0.15, -0.1) is 0 Å². The number of anilines is 2. The van der Waals surface area contributed by atoms with E-state index in [-0.39, 0.29) is 22.5 Å². The maximum atomic E-state index is 13.5. The molecule has 1 aromatic heterocycles. The van der Waals surface area contributed by atoms with Gasteiger partial charge in [0.15, 0.2) is 0 Å². The number of nitrogens with two attached hydrogens (primary N) is 1. The second-order valence-corrected chi connectivity index (χ2v) is 11.9. The van der Waals surface area contributed by atoms with Crippen molar-refractivity contribution in [2.75, 3.05) is 23.3 Å². The molecule has 8 nitrogen and oxygen atoms in total. The van der Waals surface area contributed by atoms with Crippen molar-refractivity contribution in [3.8, 4) is 0 Å². The number of nitrogen functional groups attached to an aromatic ring is 1. The molecule has 0 spiro atoms. The number of fused-ring (bicyclic) bond motifs is 1. The van der Waals surface area contributed by atoms with Gasteiger partial charge in [-0.05, 0) is 68.1 Å². The van der Waals surface area contributed by atoms with Crippen LogP contribution in [0.1, 0.15) is 61.0 Å². The molecule has 186 valence electrons. The second kappa shape index (κ2) is 9.83. The van der Waals surface area contributed by atoms with Crippen LogP contribution >= 0.6 is 11.6 Å². The molecule has 0 radical (unpaired) electrons. The average Bonchev–Trinajstić information content (AvgIpc) is 3.41. The lowest BCUT2D eigenvalue weighted by Gasteiger charge is -2.15. The number of hydrogen-bond acceptors (Lipinski definition) is 5. The van der Waals surface area contributed by atoms with Crippen LogP contribution in [-0.2, 0) is 17.1 Å². The van der Waals surface area contributed by atoms with Gasteiger partial charge in [0.05, 0.1) is 16.5 Å². The van der Waals surface area contributed by atoms with Crippen LogP contribution < -0.4 is 15.8 Å². The minimum atomic E-state index is -3.19. The second-order valence-electron chi connectivity index (χ2n) is 9.55. The van der Waals surface area contributed by atoms with Crippen LogP contribution in [0.5, 0.6) is 0 Å². The van der Waals surface area contributed by atoms with Crippen LogP contribution in [0.25, 0.3) is 0 Å². The van der Waals surface area contributed by atoms with Crippen molar-refractivity contribution in [1.29, 1.82) is 0 Å². The lowest BCUT2D eigenvalue weighted by Crippen LogP contribution is -2.30. The van der Waals surface area contributed by atoms with Crippen molar-refractivity contribution in [3.05, 3.63) is 40.3 Å². The summed E-state index contributed by atoms with van der Waals surface area (Å²) in [6.45, 7) is 2.34. The number of carbonyl (C=O) groups excluding carboxylic acids is 1. The molecule has 34 heavy (non-hydrogen) atoms. The highest BCUT2D eigenvalue weighted by molar-refractivity contribution is 7.89. The van der Waals surface area contributed by atoms with E-state index in [1.54, 1.807) is 7.05 Å². The fraction of sp³-hybridized carbons (Fsp3) is 0.565. The summed E-state index contributed by atoms with van der Waals surface area (Å²) >= 11 is 5.84. The van der Waals surface area contributed by atoms with E-state index in [1.165, 1.54) is 22.9 Å². The third-order valence-corrected chi connectivity index (χ3v) is 8.93. The maximum Gasteiger partial charge on any atom is 0.261 e. The Morgan fingerprint density at radius 1 is 1.26 bits per heavy atom. The molecule has 1 amide bonds. The Balaban J connectivity index is 1.43. The standard InChI is InChI=1S/C23H31ClFN5O3S/c1-3-6-34(32,33)27-12-13-7-14-9-16(10-15(14)8-13)21-20(22(26)30(2)29-21)23(31)28-17-4-5-19(25)18(24)11-17/h4-5,11,13-16,27H,3,6-10,12,26H2,1-2H3,(H,28,31). The molecule has 2 unspecified atom stereocenters. The van der Waals surface area contributed by atoms with Gasteiger partial charge in [0.1, 0.15) is 17.2 Å². The Labute approximate surface area is 204 Å². The zero-order valence-corrected chi connectivity index (χ0v) is 20.9. The molecule has 2 fully saturated rings. The predicted molar refractivity (Wildman–Crippen MR) is 131 cm³/mol. The smallest absolute Gasteiger partial charge is 0.261 e. The van der Waals surface area contributed by atoms with Gasteiger partial charge < -0.3 is 11.1 Å². The van der Waals surface area contributed by atoms with Gasteiger partial charge in [0.25, 0.3) is 5.91 Å². The van der Waals surface area contributed by atoms with E-state index >= 15 is 0 Å². The molecule has 4 N–H and O–H groups in total. The lowest BCUT2D eigenvalue weighted by atomic mass is 9.93. The Morgan fingerprint density at radius 3 is 2.56 bits per heavy atom. The van der Waals surface area contributed by atoms with Crippen LogP contribution in [0.2, 0.25) is 5.02 Å². The Bertz CT molecular complexity index is 1170. The van der Waals surface area contributed by atoms with Crippen LogP contribution in [-0.4, -0.2) is 36.4 Å². The molecule has 2 saturated carbocycles. The highest BCUT2D eigenvalue weighted by Crippen LogP contribution is 2.52. The molecule has 2 atom stereocenters. The summed E-state index contributed by atoms with van der Waals surface area (Å²) in [5, 5.41) is 7.25. The van der Waals surface area contributed by atoms with Gasteiger partial charge in [-0.2, -0.15) is 5.10 Å². The largest absolute Gasteiger partial charge is 0.383 e. The number of rotatable bonds is 8. The normalized spacial score (nSPS) is 24.4. The van der Waals surface area contributed by atoms with E-state index in [0.717, 1.165) is 25.7 Å². The number of nitrogens with zero attached hydrogens (tertiary/aromatic N) is 2.